The highest BCUT2D eigenvalue weighted by atomic mass is 16.1. The average molecular weight is 221 g/mol. The highest BCUT2D eigenvalue weighted by molar-refractivity contribution is 5.94. The van der Waals surface area contributed by atoms with E-state index in [9.17, 15) is 4.79 Å². The maximum absolute atomic E-state index is 11.8. The van der Waals surface area contributed by atoms with Gasteiger partial charge in [-0.1, -0.05) is 20.8 Å². The lowest BCUT2D eigenvalue weighted by molar-refractivity contribution is 0.0963. The second kappa shape index (κ2) is 5.16. The molecule has 0 bridgehead atoms. The summed E-state index contributed by atoms with van der Waals surface area (Å²) in [5, 5.41) is 0. The van der Waals surface area contributed by atoms with Crippen molar-refractivity contribution in [3.8, 4) is 0 Å². The number of rotatable bonds is 4. The number of hydrogen-bond acceptors (Lipinski definition) is 4. The van der Waals surface area contributed by atoms with Crippen LogP contribution in [0.3, 0.4) is 0 Å². The Bertz CT molecular complexity index is 343. The highest BCUT2D eigenvalue weighted by Gasteiger charge is 2.19. The minimum absolute atomic E-state index is 0.0372. The average Bonchev–Trinajstić information content (AvgIpc) is 2.16. The second-order valence-electron chi connectivity index (χ2n) is 5.24. The van der Waals surface area contributed by atoms with Crippen molar-refractivity contribution in [3.63, 3.8) is 0 Å². The molecule has 1 aromatic rings. The van der Waals surface area contributed by atoms with E-state index in [1.54, 1.807) is 6.20 Å². The van der Waals surface area contributed by atoms with Crippen LogP contribution >= 0.6 is 0 Å². The maximum Gasteiger partial charge on any atom is 0.184 e. The zero-order valence-electron chi connectivity index (χ0n) is 10.1. The summed E-state index contributed by atoms with van der Waals surface area (Å²) in [4.78, 5) is 19.6. The standard InChI is InChI=1S/C12H19N3O/c1-12(2,3)7-9(13)6-11(16)10-8-14-4-5-15-10/h4-5,8-9H,6-7,13H2,1-3H3. The van der Waals surface area contributed by atoms with Crippen molar-refractivity contribution in [3.05, 3.63) is 24.3 Å². The summed E-state index contributed by atoms with van der Waals surface area (Å²) >= 11 is 0. The monoisotopic (exact) mass is 221 g/mol. The maximum atomic E-state index is 11.8. The van der Waals surface area contributed by atoms with Crippen LogP contribution in [0.15, 0.2) is 18.6 Å². The Morgan fingerprint density at radius 3 is 2.62 bits per heavy atom. The van der Waals surface area contributed by atoms with Gasteiger partial charge in [0, 0.05) is 24.9 Å². The van der Waals surface area contributed by atoms with E-state index in [0.29, 0.717) is 12.1 Å². The molecule has 0 saturated heterocycles. The second-order valence-corrected chi connectivity index (χ2v) is 5.24. The Morgan fingerprint density at radius 1 is 1.44 bits per heavy atom. The number of nitrogens with zero attached hydrogens (tertiary/aromatic N) is 2. The SMILES string of the molecule is CC(C)(C)CC(N)CC(=O)c1cnccn1. The zero-order chi connectivity index (χ0) is 12.2. The molecule has 4 nitrogen and oxygen atoms in total. The summed E-state index contributed by atoms with van der Waals surface area (Å²) in [5.41, 5.74) is 6.47. The summed E-state index contributed by atoms with van der Waals surface area (Å²) in [6.45, 7) is 6.33. The predicted octanol–water partition coefficient (Wildman–Crippen LogP) is 1.81. The largest absolute Gasteiger partial charge is 0.327 e. The molecule has 1 unspecified atom stereocenters. The van der Waals surface area contributed by atoms with Crippen LogP contribution < -0.4 is 5.73 Å². The molecule has 4 heteroatoms. The van der Waals surface area contributed by atoms with E-state index in [1.165, 1.54) is 12.4 Å². The molecule has 0 amide bonds. The Labute approximate surface area is 96.3 Å². The van der Waals surface area contributed by atoms with Gasteiger partial charge in [0.1, 0.15) is 5.69 Å². The van der Waals surface area contributed by atoms with Crippen molar-refractivity contribution in [2.75, 3.05) is 0 Å². The third-order valence-electron chi connectivity index (χ3n) is 2.17. The molecule has 0 aliphatic rings. The fourth-order valence-electron chi connectivity index (χ4n) is 1.64. The van der Waals surface area contributed by atoms with Crippen molar-refractivity contribution in [2.45, 2.75) is 39.7 Å². The molecule has 2 N–H and O–H groups in total. The van der Waals surface area contributed by atoms with Gasteiger partial charge in [-0.2, -0.15) is 0 Å². The first-order valence-corrected chi connectivity index (χ1v) is 5.43. The van der Waals surface area contributed by atoms with Gasteiger partial charge in [-0.3, -0.25) is 9.78 Å². The molecule has 0 fully saturated rings. The number of Topliss-reactive ketones (excluding diaryl/α,β-unsaturated/α-hetero) is 1. The molecular weight excluding hydrogens is 202 g/mol. The van der Waals surface area contributed by atoms with Crippen LogP contribution in [0.4, 0.5) is 0 Å². The molecule has 1 atom stereocenters. The normalized spacial score (nSPS) is 13.5. The van der Waals surface area contributed by atoms with E-state index in [0.717, 1.165) is 6.42 Å². The van der Waals surface area contributed by atoms with Crippen LogP contribution in [0, 0.1) is 5.41 Å². The smallest absolute Gasteiger partial charge is 0.184 e. The fourth-order valence-corrected chi connectivity index (χ4v) is 1.64. The Kier molecular flexibility index (Phi) is 4.12. The quantitative estimate of drug-likeness (QED) is 0.787. The number of nitrogens with two attached hydrogens (primary N) is 1. The molecule has 0 aromatic carbocycles. The fraction of sp³-hybridized carbons (Fsp3) is 0.583. The Hall–Kier alpha value is -1.29. The molecule has 16 heavy (non-hydrogen) atoms. The van der Waals surface area contributed by atoms with Crippen LogP contribution in [-0.4, -0.2) is 21.8 Å². The molecule has 0 aliphatic carbocycles. The summed E-state index contributed by atoms with van der Waals surface area (Å²) in [6, 6.07) is -0.116. The van der Waals surface area contributed by atoms with Crippen molar-refractivity contribution in [1.82, 2.24) is 9.97 Å². The third-order valence-corrected chi connectivity index (χ3v) is 2.17. The summed E-state index contributed by atoms with van der Waals surface area (Å²) < 4.78 is 0. The number of ketones is 1. The molecular formula is C12H19N3O. The van der Waals surface area contributed by atoms with E-state index in [2.05, 4.69) is 30.7 Å². The van der Waals surface area contributed by atoms with Gasteiger partial charge in [-0.15, -0.1) is 0 Å². The zero-order valence-corrected chi connectivity index (χ0v) is 10.1. The molecule has 0 radical (unpaired) electrons. The van der Waals surface area contributed by atoms with E-state index >= 15 is 0 Å². The van der Waals surface area contributed by atoms with Crippen LogP contribution in [0.25, 0.3) is 0 Å². The lowest BCUT2D eigenvalue weighted by Crippen LogP contribution is -2.29. The molecule has 0 spiro atoms. The number of hydrogen-bond donors (Lipinski definition) is 1. The van der Waals surface area contributed by atoms with Crippen LogP contribution in [-0.2, 0) is 0 Å². The van der Waals surface area contributed by atoms with E-state index in [1.807, 2.05) is 0 Å². The molecule has 0 aliphatic heterocycles. The number of carbonyl (C=O) groups excluding carboxylic acids is 1. The summed E-state index contributed by atoms with van der Waals surface area (Å²) in [5.74, 6) is -0.0372. The summed E-state index contributed by atoms with van der Waals surface area (Å²) in [7, 11) is 0. The molecule has 88 valence electrons. The minimum atomic E-state index is -0.116. The molecule has 1 rings (SSSR count). The lowest BCUT2D eigenvalue weighted by atomic mass is 9.86. The predicted molar refractivity (Wildman–Crippen MR) is 63.0 cm³/mol. The van der Waals surface area contributed by atoms with Gasteiger partial charge in [0.15, 0.2) is 5.78 Å². The van der Waals surface area contributed by atoms with Gasteiger partial charge in [0.25, 0.3) is 0 Å². The van der Waals surface area contributed by atoms with Crippen LogP contribution in [0.2, 0.25) is 0 Å². The van der Waals surface area contributed by atoms with Crippen LogP contribution in [0.5, 0.6) is 0 Å². The first-order chi connectivity index (χ1) is 7.38. The lowest BCUT2D eigenvalue weighted by Gasteiger charge is -2.22. The van der Waals surface area contributed by atoms with Crippen LogP contribution in [0.1, 0.15) is 44.1 Å². The van der Waals surface area contributed by atoms with Crippen molar-refractivity contribution < 1.29 is 4.79 Å². The molecule has 1 heterocycles. The Balaban J connectivity index is 2.53. The van der Waals surface area contributed by atoms with Gasteiger partial charge in [0.05, 0.1) is 6.20 Å². The highest BCUT2D eigenvalue weighted by Crippen LogP contribution is 2.21. The minimum Gasteiger partial charge on any atom is -0.327 e. The van der Waals surface area contributed by atoms with E-state index in [4.69, 9.17) is 5.73 Å². The van der Waals surface area contributed by atoms with Crippen molar-refractivity contribution in [2.24, 2.45) is 11.1 Å². The first kappa shape index (κ1) is 12.8. The van der Waals surface area contributed by atoms with Crippen molar-refractivity contribution in [1.29, 1.82) is 0 Å². The topological polar surface area (TPSA) is 68.9 Å². The number of carbonyl (C=O) groups is 1. The van der Waals surface area contributed by atoms with E-state index < -0.39 is 0 Å². The van der Waals surface area contributed by atoms with E-state index in [-0.39, 0.29) is 17.2 Å². The first-order valence-electron chi connectivity index (χ1n) is 5.43. The molecule has 0 saturated carbocycles. The van der Waals surface area contributed by atoms with Gasteiger partial charge in [0.2, 0.25) is 0 Å². The molecule has 1 aromatic heterocycles. The van der Waals surface area contributed by atoms with Gasteiger partial charge >= 0.3 is 0 Å². The Morgan fingerprint density at radius 2 is 2.12 bits per heavy atom. The van der Waals surface area contributed by atoms with Gasteiger partial charge in [-0.25, -0.2) is 4.98 Å². The van der Waals surface area contributed by atoms with Gasteiger partial charge < -0.3 is 5.73 Å². The summed E-state index contributed by atoms with van der Waals surface area (Å²) in [6.07, 6.45) is 5.69. The van der Waals surface area contributed by atoms with Gasteiger partial charge in [-0.05, 0) is 11.8 Å². The van der Waals surface area contributed by atoms with Crippen molar-refractivity contribution >= 4 is 5.78 Å². The third kappa shape index (κ3) is 4.49. The number of aromatic nitrogens is 2.